The predicted octanol–water partition coefficient (Wildman–Crippen LogP) is 6.01. The molecular weight excluding hydrogens is 312 g/mol. The first-order valence-electron chi connectivity index (χ1n) is 9.87. The molecule has 0 N–H and O–H groups in total. The molecule has 2 unspecified atom stereocenters. The molecule has 0 heterocycles. The summed E-state index contributed by atoms with van der Waals surface area (Å²) >= 11 is 0. The molecule has 1 saturated carbocycles. The van der Waals surface area contributed by atoms with Crippen LogP contribution in [0, 0.1) is 0 Å². The zero-order valence-electron chi connectivity index (χ0n) is 16.3. The summed E-state index contributed by atoms with van der Waals surface area (Å²) in [7, 11) is 0. The average Bonchev–Trinajstić information content (AvgIpc) is 2.55. The van der Waals surface area contributed by atoms with E-state index in [4.69, 9.17) is 9.47 Å². The molecule has 0 spiro atoms. The standard InChI is InChI=1S/C22H34O3/c1-5-6-7-12-21(23)24-20-11-9-8-10-19(20)17-13-15-18(16-14-17)25-22(2,3)4/h13-16,19-20H,5-12H2,1-4H3. The van der Waals surface area contributed by atoms with E-state index in [2.05, 4.69) is 39.8 Å². The second-order valence-corrected chi connectivity index (χ2v) is 8.16. The van der Waals surface area contributed by atoms with E-state index in [1.807, 2.05) is 12.1 Å². The minimum Gasteiger partial charge on any atom is -0.488 e. The van der Waals surface area contributed by atoms with Gasteiger partial charge in [-0.25, -0.2) is 0 Å². The van der Waals surface area contributed by atoms with Crippen LogP contribution in [-0.2, 0) is 9.53 Å². The van der Waals surface area contributed by atoms with Crippen molar-refractivity contribution in [3.63, 3.8) is 0 Å². The number of unbranched alkanes of at least 4 members (excludes halogenated alkanes) is 2. The lowest BCUT2D eigenvalue weighted by atomic mass is 9.81. The lowest BCUT2D eigenvalue weighted by molar-refractivity contribution is -0.151. The summed E-state index contributed by atoms with van der Waals surface area (Å²) in [4.78, 5) is 12.1. The number of benzene rings is 1. The van der Waals surface area contributed by atoms with Gasteiger partial charge in [0.15, 0.2) is 0 Å². The minimum atomic E-state index is -0.192. The summed E-state index contributed by atoms with van der Waals surface area (Å²) in [6.45, 7) is 8.30. The van der Waals surface area contributed by atoms with Crippen molar-refractivity contribution < 1.29 is 14.3 Å². The minimum absolute atomic E-state index is 0.0252. The molecule has 1 aromatic rings. The maximum absolute atomic E-state index is 12.1. The predicted molar refractivity (Wildman–Crippen MR) is 102 cm³/mol. The number of ether oxygens (including phenoxy) is 2. The highest BCUT2D eigenvalue weighted by Crippen LogP contribution is 2.36. The van der Waals surface area contributed by atoms with Gasteiger partial charge in [0.25, 0.3) is 0 Å². The molecule has 1 aliphatic rings. The number of carbonyl (C=O) groups excluding carboxylic acids is 1. The van der Waals surface area contributed by atoms with E-state index in [9.17, 15) is 4.79 Å². The Bertz CT molecular complexity index is 527. The summed E-state index contributed by atoms with van der Waals surface area (Å²) in [5.41, 5.74) is 1.07. The van der Waals surface area contributed by atoms with Crippen LogP contribution in [0.2, 0.25) is 0 Å². The Morgan fingerprint density at radius 2 is 1.76 bits per heavy atom. The molecule has 0 amide bonds. The molecule has 3 nitrogen and oxygen atoms in total. The normalized spacial score (nSPS) is 21.0. The summed E-state index contributed by atoms with van der Waals surface area (Å²) in [5.74, 6) is 1.17. The van der Waals surface area contributed by atoms with Gasteiger partial charge in [0, 0.05) is 12.3 Å². The van der Waals surface area contributed by atoms with Crippen LogP contribution in [0.1, 0.15) is 90.5 Å². The maximum atomic E-state index is 12.1. The second-order valence-electron chi connectivity index (χ2n) is 8.16. The largest absolute Gasteiger partial charge is 0.488 e. The molecule has 25 heavy (non-hydrogen) atoms. The van der Waals surface area contributed by atoms with Gasteiger partial charge in [0.2, 0.25) is 0 Å². The first-order valence-corrected chi connectivity index (χ1v) is 9.87. The highest BCUT2D eigenvalue weighted by Gasteiger charge is 2.29. The van der Waals surface area contributed by atoms with E-state index in [0.717, 1.165) is 44.3 Å². The molecule has 0 radical (unpaired) electrons. The number of rotatable bonds is 7. The molecule has 3 heteroatoms. The molecule has 1 fully saturated rings. The van der Waals surface area contributed by atoms with Gasteiger partial charge in [0.05, 0.1) is 0 Å². The van der Waals surface area contributed by atoms with Gasteiger partial charge in [-0.3, -0.25) is 4.79 Å². The van der Waals surface area contributed by atoms with Crippen LogP contribution < -0.4 is 4.74 Å². The number of carbonyl (C=O) groups is 1. The molecule has 2 rings (SSSR count). The van der Waals surface area contributed by atoms with Gasteiger partial charge < -0.3 is 9.47 Å². The van der Waals surface area contributed by atoms with Crippen LogP contribution in [0.5, 0.6) is 5.75 Å². The van der Waals surface area contributed by atoms with Gasteiger partial charge in [-0.05, 0) is 64.2 Å². The fraction of sp³-hybridized carbons (Fsp3) is 0.682. The third-order valence-electron chi connectivity index (χ3n) is 4.70. The highest BCUT2D eigenvalue weighted by atomic mass is 16.5. The monoisotopic (exact) mass is 346 g/mol. The molecule has 0 aromatic heterocycles. The summed E-state index contributed by atoms with van der Waals surface area (Å²) in [6.07, 6.45) is 8.15. The van der Waals surface area contributed by atoms with Crippen molar-refractivity contribution in [2.24, 2.45) is 0 Å². The fourth-order valence-corrected chi connectivity index (χ4v) is 3.50. The van der Waals surface area contributed by atoms with Gasteiger partial charge in [-0.2, -0.15) is 0 Å². The van der Waals surface area contributed by atoms with E-state index < -0.39 is 0 Å². The van der Waals surface area contributed by atoms with Crippen LogP contribution >= 0.6 is 0 Å². The van der Waals surface area contributed by atoms with Crippen LogP contribution in [-0.4, -0.2) is 17.7 Å². The lowest BCUT2D eigenvalue weighted by Gasteiger charge is -2.32. The van der Waals surface area contributed by atoms with Crippen LogP contribution in [0.15, 0.2) is 24.3 Å². The van der Waals surface area contributed by atoms with E-state index in [-0.39, 0.29) is 17.7 Å². The lowest BCUT2D eigenvalue weighted by Crippen LogP contribution is -2.28. The van der Waals surface area contributed by atoms with Crippen molar-refractivity contribution in [1.29, 1.82) is 0 Å². The van der Waals surface area contributed by atoms with Crippen molar-refractivity contribution in [1.82, 2.24) is 0 Å². The maximum Gasteiger partial charge on any atom is 0.306 e. The van der Waals surface area contributed by atoms with Gasteiger partial charge in [-0.1, -0.05) is 38.3 Å². The molecular formula is C22H34O3. The Labute approximate surface area is 153 Å². The van der Waals surface area contributed by atoms with Crippen molar-refractivity contribution in [2.45, 2.75) is 96.7 Å². The van der Waals surface area contributed by atoms with Gasteiger partial charge >= 0.3 is 5.97 Å². The quantitative estimate of drug-likeness (QED) is 0.448. The molecule has 1 aliphatic carbocycles. The Hall–Kier alpha value is -1.51. The SMILES string of the molecule is CCCCCC(=O)OC1CCCCC1c1ccc(OC(C)(C)C)cc1. The topological polar surface area (TPSA) is 35.5 Å². The van der Waals surface area contributed by atoms with E-state index in [1.165, 1.54) is 12.0 Å². The van der Waals surface area contributed by atoms with Crippen molar-refractivity contribution in [2.75, 3.05) is 0 Å². The van der Waals surface area contributed by atoms with Crippen LogP contribution in [0.4, 0.5) is 0 Å². The zero-order chi connectivity index (χ0) is 18.3. The van der Waals surface area contributed by atoms with Gasteiger partial charge in [-0.15, -0.1) is 0 Å². The second kappa shape index (κ2) is 9.26. The Balaban J connectivity index is 1.98. The third-order valence-corrected chi connectivity index (χ3v) is 4.70. The number of esters is 1. The average molecular weight is 347 g/mol. The molecule has 0 bridgehead atoms. The molecule has 1 aromatic carbocycles. The Kier molecular flexibility index (Phi) is 7.34. The van der Waals surface area contributed by atoms with E-state index in [0.29, 0.717) is 12.3 Å². The molecule has 0 aliphatic heterocycles. The zero-order valence-corrected chi connectivity index (χ0v) is 16.3. The van der Waals surface area contributed by atoms with Crippen LogP contribution in [0.25, 0.3) is 0 Å². The highest BCUT2D eigenvalue weighted by molar-refractivity contribution is 5.69. The smallest absolute Gasteiger partial charge is 0.306 e. The van der Waals surface area contributed by atoms with Gasteiger partial charge in [0.1, 0.15) is 17.5 Å². The van der Waals surface area contributed by atoms with Crippen molar-refractivity contribution in [3.05, 3.63) is 29.8 Å². The van der Waals surface area contributed by atoms with Crippen LogP contribution in [0.3, 0.4) is 0 Å². The molecule has 140 valence electrons. The van der Waals surface area contributed by atoms with Crippen molar-refractivity contribution >= 4 is 5.97 Å². The number of hydrogen-bond acceptors (Lipinski definition) is 3. The van der Waals surface area contributed by atoms with Crippen molar-refractivity contribution in [3.8, 4) is 5.75 Å². The first-order chi connectivity index (χ1) is 11.9. The Morgan fingerprint density at radius 1 is 1.08 bits per heavy atom. The Morgan fingerprint density at radius 3 is 2.40 bits per heavy atom. The summed E-state index contributed by atoms with van der Waals surface area (Å²) < 4.78 is 11.8. The molecule has 0 saturated heterocycles. The van der Waals surface area contributed by atoms with E-state index >= 15 is 0 Å². The molecule has 2 atom stereocenters. The summed E-state index contributed by atoms with van der Waals surface area (Å²) in [5, 5.41) is 0. The number of hydrogen-bond donors (Lipinski definition) is 0. The third kappa shape index (κ3) is 6.72. The first kappa shape index (κ1) is 19.8. The van der Waals surface area contributed by atoms with E-state index in [1.54, 1.807) is 0 Å². The fourth-order valence-electron chi connectivity index (χ4n) is 3.50. The summed E-state index contributed by atoms with van der Waals surface area (Å²) in [6, 6.07) is 8.34.